The second-order valence-electron chi connectivity index (χ2n) is 8.47. The van der Waals surface area contributed by atoms with E-state index in [0.717, 1.165) is 37.2 Å². The smallest absolute Gasteiger partial charge is 0.325 e. The van der Waals surface area contributed by atoms with Crippen LogP contribution in [0.3, 0.4) is 0 Å². The monoisotopic (exact) mass is 410 g/mol. The Hall–Kier alpha value is -2.48. The number of benzene rings is 2. The van der Waals surface area contributed by atoms with E-state index in [1.165, 1.54) is 17.7 Å². The van der Waals surface area contributed by atoms with Crippen molar-refractivity contribution in [3.05, 3.63) is 65.5 Å². The van der Waals surface area contributed by atoms with Gasteiger partial charge in [0.25, 0.3) is 0 Å². The summed E-state index contributed by atoms with van der Waals surface area (Å²) in [4.78, 5) is 17.3. The number of nitrogens with zero attached hydrogens (tertiary/aromatic N) is 2. The lowest BCUT2D eigenvalue weighted by Gasteiger charge is -2.39. The van der Waals surface area contributed by atoms with Crippen LogP contribution in [0.25, 0.3) is 0 Å². The highest BCUT2D eigenvalue weighted by molar-refractivity contribution is 5.95. The van der Waals surface area contributed by atoms with Crippen molar-refractivity contribution in [2.75, 3.05) is 37.7 Å². The van der Waals surface area contributed by atoms with Gasteiger partial charge in [-0.05, 0) is 48.2 Å². The van der Waals surface area contributed by atoms with Gasteiger partial charge in [-0.3, -0.25) is 15.8 Å². The number of halogens is 1. The van der Waals surface area contributed by atoms with Crippen molar-refractivity contribution in [2.24, 2.45) is 0 Å². The van der Waals surface area contributed by atoms with Gasteiger partial charge in [-0.1, -0.05) is 24.3 Å². The molecule has 2 aromatic carbocycles. The molecule has 3 aliphatic heterocycles. The number of hydrogen-bond donors (Lipinski definition) is 2. The number of anilines is 1. The van der Waals surface area contributed by atoms with Crippen LogP contribution in [-0.4, -0.2) is 49.3 Å². The number of rotatable bonds is 4. The topological polar surface area (TPSA) is 56.8 Å². The highest BCUT2D eigenvalue weighted by atomic mass is 19.1. The summed E-state index contributed by atoms with van der Waals surface area (Å²) in [6, 6.07) is 14.8. The van der Waals surface area contributed by atoms with E-state index in [4.69, 9.17) is 4.74 Å². The Morgan fingerprint density at radius 2 is 1.80 bits per heavy atom. The van der Waals surface area contributed by atoms with Gasteiger partial charge in [-0.2, -0.15) is 0 Å². The van der Waals surface area contributed by atoms with Crippen molar-refractivity contribution in [3.63, 3.8) is 0 Å². The Bertz CT molecular complexity index is 908. The van der Waals surface area contributed by atoms with Crippen LogP contribution in [0.4, 0.5) is 14.9 Å². The molecule has 2 aromatic rings. The molecule has 2 amide bonds. The number of amides is 2. The summed E-state index contributed by atoms with van der Waals surface area (Å²) in [5.74, 6) is 0.170. The lowest BCUT2D eigenvalue weighted by atomic mass is 9.89. The van der Waals surface area contributed by atoms with E-state index >= 15 is 0 Å². The minimum Gasteiger partial charge on any atom is -0.381 e. The molecule has 0 aliphatic carbocycles. The molecule has 0 unspecified atom stereocenters. The van der Waals surface area contributed by atoms with Gasteiger partial charge in [0.2, 0.25) is 0 Å². The molecule has 0 bridgehead atoms. The Labute approximate surface area is 176 Å². The van der Waals surface area contributed by atoms with E-state index in [0.29, 0.717) is 32.2 Å². The van der Waals surface area contributed by atoms with Crippen LogP contribution in [-0.2, 0) is 11.3 Å². The number of ether oxygens (including phenoxy) is 1. The molecule has 7 heteroatoms. The van der Waals surface area contributed by atoms with E-state index in [1.54, 1.807) is 6.07 Å². The van der Waals surface area contributed by atoms with Gasteiger partial charge in [-0.15, -0.1) is 0 Å². The highest BCUT2D eigenvalue weighted by Gasteiger charge is 2.50. The molecule has 3 aliphatic rings. The van der Waals surface area contributed by atoms with Crippen LogP contribution in [0.2, 0.25) is 0 Å². The largest absolute Gasteiger partial charge is 0.381 e. The van der Waals surface area contributed by atoms with E-state index in [9.17, 15) is 9.18 Å². The fraction of sp³-hybridized carbons (Fsp3) is 0.435. The Morgan fingerprint density at radius 1 is 1.07 bits per heavy atom. The fourth-order valence-corrected chi connectivity index (χ4v) is 4.86. The summed E-state index contributed by atoms with van der Waals surface area (Å²) < 4.78 is 19.3. The van der Waals surface area contributed by atoms with E-state index in [-0.39, 0.29) is 17.4 Å². The molecule has 3 fully saturated rings. The van der Waals surface area contributed by atoms with Gasteiger partial charge in [0.15, 0.2) is 0 Å². The van der Waals surface area contributed by atoms with Crippen LogP contribution < -0.4 is 15.8 Å². The van der Waals surface area contributed by atoms with Gasteiger partial charge < -0.3 is 9.64 Å². The molecule has 0 aromatic heterocycles. The zero-order chi connectivity index (χ0) is 20.6. The first kappa shape index (κ1) is 19.5. The molecule has 5 rings (SSSR count). The maximum absolute atomic E-state index is 13.7. The maximum Gasteiger partial charge on any atom is 0.325 e. The summed E-state index contributed by atoms with van der Waals surface area (Å²) >= 11 is 0. The third kappa shape index (κ3) is 3.57. The molecular weight excluding hydrogens is 383 g/mol. The molecule has 158 valence electrons. The normalized spacial score (nSPS) is 21.7. The summed E-state index contributed by atoms with van der Waals surface area (Å²) in [5.41, 5.74) is 9.03. The maximum atomic E-state index is 13.7. The number of nitrogens with one attached hydrogen (secondary N) is 2. The number of carbonyl (C=O) groups is 1. The zero-order valence-electron chi connectivity index (χ0n) is 16.9. The van der Waals surface area contributed by atoms with Crippen molar-refractivity contribution in [1.82, 2.24) is 15.8 Å². The number of hydrogen-bond acceptors (Lipinski definition) is 4. The summed E-state index contributed by atoms with van der Waals surface area (Å²) in [7, 11) is 0. The Morgan fingerprint density at radius 3 is 2.50 bits per heavy atom. The molecule has 0 radical (unpaired) electrons. The quantitative estimate of drug-likeness (QED) is 0.814. The van der Waals surface area contributed by atoms with Gasteiger partial charge in [0.1, 0.15) is 5.82 Å². The average molecular weight is 410 g/mol. The highest BCUT2D eigenvalue weighted by Crippen LogP contribution is 2.39. The average Bonchev–Trinajstić information content (AvgIpc) is 3.39. The zero-order valence-corrected chi connectivity index (χ0v) is 16.9. The van der Waals surface area contributed by atoms with Crippen molar-refractivity contribution in [3.8, 4) is 0 Å². The van der Waals surface area contributed by atoms with E-state index < -0.39 is 0 Å². The predicted molar refractivity (Wildman–Crippen MR) is 113 cm³/mol. The lowest BCUT2D eigenvalue weighted by Crippen LogP contribution is -2.50. The van der Waals surface area contributed by atoms with Crippen molar-refractivity contribution >= 4 is 11.7 Å². The number of hydrazine groups is 1. The molecule has 6 nitrogen and oxygen atoms in total. The van der Waals surface area contributed by atoms with Crippen molar-refractivity contribution < 1.29 is 13.9 Å². The summed E-state index contributed by atoms with van der Waals surface area (Å²) in [6.07, 6.45) is 1.59. The van der Waals surface area contributed by atoms with Gasteiger partial charge >= 0.3 is 6.03 Å². The van der Waals surface area contributed by atoms with Crippen LogP contribution >= 0.6 is 0 Å². The Balaban J connectivity index is 1.41. The molecular formula is C23H27FN4O2. The number of urea groups is 1. The first-order valence-electron chi connectivity index (χ1n) is 10.6. The minimum absolute atomic E-state index is 0.0156. The van der Waals surface area contributed by atoms with Gasteiger partial charge in [0, 0.05) is 44.5 Å². The van der Waals surface area contributed by atoms with Crippen molar-refractivity contribution in [2.45, 2.75) is 30.8 Å². The molecule has 1 spiro atoms. The molecule has 30 heavy (non-hydrogen) atoms. The molecule has 0 atom stereocenters. The van der Waals surface area contributed by atoms with Crippen LogP contribution in [0.5, 0.6) is 0 Å². The lowest BCUT2D eigenvalue weighted by molar-refractivity contribution is 0.00609. The first-order valence-corrected chi connectivity index (χ1v) is 10.6. The predicted octanol–water partition coefficient (Wildman–Crippen LogP) is 3.01. The number of carbonyl (C=O) groups excluding carboxylic acids is 1. The van der Waals surface area contributed by atoms with Crippen LogP contribution in [0.1, 0.15) is 29.9 Å². The first-order chi connectivity index (χ1) is 14.6. The van der Waals surface area contributed by atoms with Crippen molar-refractivity contribution in [1.29, 1.82) is 0 Å². The SMILES string of the molecule is O=C1N(c2ccc(C3CNNC3)cc2)CC2(CCOCC2)N1Cc1cccc(F)c1. The molecule has 2 N–H and O–H groups in total. The molecule has 0 saturated carbocycles. The minimum atomic E-state index is -0.278. The van der Waals surface area contributed by atoms with Gasteiger partial charge in [-0.25, -0.2) is 9.18 Å². The second-order valence-corrected chi connectivity index (χ2v) is 8.47. The van der Waals surface area contributed by atoms with E-state index in [2.05, 4.69) is 23.0 Å². The van der Waals surface area contributed by atoms with Crippen LogP contribution in [0, 0.1) is 5.82 Å². The summed E-state index contributed by atoms with van der Waals surface area (Å²) in [5, 5.41) is 0. The Kier molecular flexibility index (Phi) is 5.18. The molecule has 3 heterocycles. The fourth-order valence-electron chi connectivity index (χ4n) is 4.86. The third-order valence-electron chi connectivity index (χ3n) is 6.64. The second kappa shape index (κ2) is 7.98. The van der Waals surface area contributed by atoms with Crippen LogP contribution in [0.15, 0.2) is 48.5 Å². The van der Waals surface area contributed by atoms with E-state index in [1.807, 2.05) is 28.0 Å². The summed E-state index contributed by atoms with van der Waals surface area (Å²) in [6.45, 7) is 4.14. The standard InChI is InChI=1S/C23H27FN4O2/c24-20-3-1-2-17(12-20)15-28-22(29)27(16-23(28)8-10-30-11-9-23)21-6-4-18(5-7-21)19-13-25-26-14-19/h1-7,12,19,25-26H,8-11,13-16H2. The van der Waals surface area contributed by atoms with Gasteiger partial charge in [0.05, 0.1) is 12.1 Å². The third-order valence-corrected chi connectivity index (χ3v) is 6.64. The molecule has 3 saturated heterocycles.